The Balaban J connectivity index is 1.79. The van der Waals surface area contributed by atoms with Crippen LogP contribution in [-0.4, -0.2) is 50.3 Å². The third kappa shape index (κ3) is 2.71. The molecule has 1 N–H and O–H groups in total. The lowest BCUT2D eigenvalue weighted by Crippen LogP contribution is -2.52. The zero-order valence-corrected chi connectivity index (χ0v) is 10.0. The highest BCUT2D eigenvalue weighted by Gasteiger charge is 2.28. The van der Waals surface area contributed by atoms with E-state index in [1.807, 2.05) is 0 Å². The molecule has 0 saturated carbocycles. The SMILES string of the molecule is CCC1COCCN1CC(C)C1CNC1. The summed E-state index contributed by atoms with van der Waals surface area (Å²) in [6.45, 7) is 11.4. The van der Waals surface area contributed by atoms with Gasteiger partial charge in [0.2, 0.25) is 0 Å². The summed E-state index contributed by atoms with van der Waals surface area (Å²) in [5, 5.41) is 3.36. The van der Waals surface area contributed by atoms with Gasteiger partial charge in [0, 0.05) is 19.1 Å². The predicted octanol–water partition coefficient (Wildman–Crippen LogP) is 0.953. The number of morpholine rings is 1. The van der Waals surface area contributed by atoms with Gasteiger partial charge in [-0.25, -0.2) is 0 Å². The molecule has 2 rings (SSSR count). The molecule has 0 amide bonds. The van der Waals surface area contributed by atoms with Gasteiger partial charge in [0.05, 0.1) is 13.2 Å². The van der Waals surface area contributed by atoms with E-state index < -0.39 is 0 Å². The summed E-state index contributed by atoms with van der Waals surface area (Å²) in [7, 11) is 0. The summed E-state index contributed by atoms with van der Waals surface area (Å²) in [6.07, 6.45) is 1.22. The molecule has 2 aliphatic heterocycles. The first kappa shape index (κ1) is 11.4. The van der Waals surface area contributed by atoms with E-state index >= 15 is 0 Å². The zero-order chi connectivity index (χ0) is 10.7. The Morgan fingerprint density at radius 2 is 2.27 bits per heavy atom. The molecule has 3 heteroatoms. The second kappa shape index (κ2) is 5.28. The topological polar surface area (TPSA) is 24.5 Å². The van der Waals surface area contributed by atoms with Crippen LogP contribution in [0.15, 0.2) is 0 Å². The van der Waals surface area contributed by atoms with Crippen LogP contribution >= 0.6 is 0 Å². The third-order valence-corrected chi connectivity index (χ3v) is 3.96. The first-order valence-corrected chi connectivity index (χ1v) is 6.33. The fraction of sp³-hybridized carbons (Fsp3) is 1.00. The standard InChI is InChI=1S/C12H24N2O/c1-3-12-9-15-5-4-14(12)8-10(2)11-6-13-7-11/h10-13H,3-9H2,1-2H3. The van der Waals surface area contributed by atoms with Gasteiger partial charge in [-0.05, 0) is 31.3 Å². The quantitative estimate of drug-likeness (QED) is 0.751. The van der Waals surface area contributed by atoms with Crippen molar-refractivity contribution in [1.82, 2.24) is 10.2 Å². The molecule has 2 unspecified atom stereocenters. The van der Waals surface area contributed by atoms with Crippen LogP contribution in [0, 0.1) is 11.8 Å². The second-order valence-electron chi connectivity index (χ2n) is 5.03. The number of nitrogens with one attached hydrogen (secondary N) is 1. The Morgan fingerprint density at radius 3 is 2.87 bits per heavy atom. The average molecular weight is 212 g/mol. The van der Waals surface area contributed by atoms with Crippen molar-refractivity contribution >= 4 is 0 Å². The smallest absolute Gasteiger partial charge is 0.0622 e. The lowest BCUT2D eigenvalue weighted by molar-refractivity contribution is -0.0199. The van der Waals surface area contributed by atoms with E-state index in [0.29, 0.717) is 6.04 Å². The fourth-order valence-electron chi connectivity index (χ4n) is 2.54. The highest BCUT2D eigenvalue weighted by molar-refractivity contribution is 4.83. The number of rotatable bonds is 4. The summed E-state index contributed by atoms with van der Waals surface area (Å²) in [5.41, 5.74) is 0. The molecule has 15 heavy (non-hydrogen) atoms. The van der Waals surface area contributed by atoms with Crippen molar-refractivity contribution in [1.29, 1.82) is 0 Å². The lowest BCUT2D eigenvalue weighted by Gasteiger charge is -2.40. The zero-order valence-electron chi connectivity index (χ0n) is 10.0. The molecular weight excluding hydrogens is 188 g/mol. The van der Waals surface area contributed by atoms with Crippen LogP contribution in [0.3, 0.4) is 0 Å². The number of hydrogen-bond donors (Lipinski definition) is 1. The molecule has 0 bridgehead atoms. The van der Waals surface area contributed by atoms with Gasteiger partial charge in [-0.1, -0.05) is 13.8 Å². The second-order valence-corrected chi connectivity index (χ2v) is 5.03. The molecular formula is C12H24N2O. The van der Waals surface area contributed by atoms with Crippen molar-refractivity contribution in [2.24, 2.45) is 11.8 Å². The summed E-state index contributed by atoms with van der Waals surface area (Å²) < 4.78 is 5.53. The van der Waals surface area contributed by atoms with E-state index in [0.717, 1.165) is 31.6 Å². The maximum Gasteiger partial charge on any atom is 0.0622 e. The van der Waals surface area contributed by atoms with Gasteiger partial charge in [0.1, 0.15) is 0 Å². The maximum atomic E-state index is 5.53. The summed E-state index contributed by atoms with van der Waals surface area (Å²) >= 11 is 0. The number of ether oxygens (including phenoxy) is 1. The van der Waals surface area contributed by atoms with Crippen LogP contribution < -0.4 is 5.32 Å². The molecule has 2 heterocycles. The summed E-state index contributed by atoms with van der Waals surface area (Å²) in [4.78, 5) is 2.63. The van der Waals surface area contributed by atoms with Crippen molar-refractivity contribution in [2.75, 3.05) is 39.4 Å². The lowest BCUT2D eigenvalue weighted by atomic mass is 9.88. The first-order valence-electron chi connectivity index (χ1n) is 6.33. The Bertz CT molecular complexity index is 194. The van der Waals surface area contributed by atoms with Crippen molar-refractivity contribution < 1.29 is 4.74 Å². The van der Waals surface area contributed by atoms with E-state index in [2.05, 4.69) is 24.1 Å². The Kier molecular flexibility index (Phi) is 4.00. The molecule has 2 fully saturated rings. The Morgan fingerprint density at radius 1 is 1.47 bits per heavy atom. The van der Waals surface area contributed by atoms with E-state index in [1.54, 1.807) is 0 Å². The van der Waals surface area contributed by atoms with Crippen molar-refractivity contribution in [3.8, 4) is 0 Å². The van der Waals surface area contributed by atoms with Gasteiger partial charge >= 0.3 is 0 Å². The summed E-state index contributed by atoms with van der Waals surface area (Å²) in [5.74, 6) is 1.74. The van der Waals surface area contributed by atoms with Crippen molar-refractivity contribution in [3.63, 3.8) is 0 Å². The Hall–Kier alpha value is -0.120. The van der Waals surface area contributed by atoms with Gasteiger partial charge in [-0.3, -0.25) is 4.90 Å². The molecule has 0 spiro atoms. The van der Waals surface area contributed by atoms with Crippen LogP contribution in [0.5, 0.6) is 0 Å². The molecule has 0 aliphatic carbocycles. The van der Waals surface area contributed by atoms with Crippen molar-refractivity contribution in [3.05, 3.63) is 0 Å². The van der Waals surface area contributed by atoms with Crippen LogP contribution in [0.25, 0.3) is 0 Å². The molecule has 0 aromatic heterocycles. The monoisotopic (exact) mass is 212 g/mol. The molecule has 0 aromatic rings. The van der Waals surface area contributed by atoms with Gasteiger partial charge in [0.15, 0.2) is 0 Å². The molecule has 3 nitrogen and oxygen atoms in total. The predicted molar refractivity (Wildman–Crippen MR) is 62.0 cm³/mol. The molecule has 2 saturated heterocycles. The molecule has 0 aromatic carbocycles. The van der Waals surface area contributed by atoms with E-state index in [1.165, 1.54) is 26.1 Å². The largest absolute Gasteiger partial charge is 0.378 e. The van der Waals surface area contributed by atoms with Crippen molar-refractivity contribution in [2.45, 2.75) is 26.3 Å². The van der Waals surface area contributed by atoms with E-state index in [4.69, 9.17) is 4.74 Å². The summed E-state index contributed by atoms with van der Waals surface area (Å²) in [6, 6.07) is 0.661. The van der Waals surface area contributed by atoms with Crippen LogP contribution in [0.4, 0.5) is 0 Å². The number of hydrogen-bond acceptors (Lipinski definition) is 3. The first-order chi connectivity index (χ1) is 7.31. The molecule has 88 valence electrons. The van der Waals surface area contributed by atoms with Gasteiger partial charge < -0.3 is 10.1 Å². The van der Waals surface area contributed by atoms with Gasteiger partial charge in [-0.15, -0.1) is 0 Å². The van der Waals surface area contributed by atoms with Crippen LogP contribution in [-0.2, 0) is 4.74 Å². The number of nitrogens with zero attached hydrogens (tertiary/aromatic N) is 1. The van der Waals surface area contributed by atoms with Crippen LogP contribution in [0.1, 0.15) is 20.3 Å². The normalized spacial score (nSPS) is 31.2. The van der Waals surface area contributed by atoms with E-state index in [-0.39, 0.29) is 0 Å². The Labute approximate surface area is 93.2 Å². The molecule has 0 radical (unpaired) electrons. The average Bonchev–Trinajstić information content (AvgIpc) is 2.15. The highest BCUT2D eigenvalue weighted by Crippen LogP contribution is 2.20. The van der Waals surface area contributed by atoms with Crippen LogP contribution in [0.2, 0.25) is 0 Å². The highest BCUT2D eigenvalue weighted by atomic mass is 16.5. The van der Waals surface area contributed by atoms with Gasteiger partial charge in [-0.2, -0.15) is 0 Å². The maximum absolute atomic E-state index is 5.53. The minimum absolute atomic E-state index is 0.661. The minimum atomic E-state index is 0.661. The minimum Gasteiger partial charge on any atom is -0.378 e. The molecule has 2 atom stereocenters. The fourth-order valence-corrected chi connectivity index (χ4v) is 2.54. The molecule has 2 aliphatic rings. The third-order valence-electron chi connectivity index (χ3n) is 3.96. The van der Waals surface area contributed by atoms with Gasteiger partial charge in [0.25, 0.3) is 0 Å². The van der Waals surface area contributed by atoms with E-state index in [9.17, 15) is 0 Å².